The van der Waals surface area contributed by atoms with Crippen molar-refractivity contribution in [3.63, 3.8) is 0 Å². The summed E-state index contributed by atoms with van der Waals surface area (Å²) in [5.41, 5.74) is 0.0716. The van der Waals surface area contributed by atoms with Crippen molar-refractivity contribution < 1.29 is 12.6 Å². The first kappa shape index (κ1) is 8.99. The van der Waals surface area contributed by atoms with E-state index in [1.54, 1.807) is 6.07 Å². The quantitative estimate of drug-likeness (QED) is 0.653. The van der Waals surface area contributed by atoms with Crippen LogP contribution in [0.1, 0.15) is 30.9 Å². The molecule has 0 amide bonds. The van der Waals surface area contributed by atoms with Gasteiger partial charge in [0.1, 0.15) is 11.6 Å². The van der Waals surface area contributed by atoms with Gasteiger partial charge in [-0.25, -0.2) is 9.37 Å². The number of halogens is 2. The molecular formula is C18H13ClFN3. The van der Waals surface area contributed by atoms with E-state index in [0.717, 1.165) is 4.57 Å². The van der Waals surface area contributed by atoms with Crippen molar-refractivity contribution in [2.45, 2.75) is 13.3 Å². The second-order valence-electron chi connectivity index (χ2n) is 4.94. The van der Waals surface area contributed by atoms with Gasteiger partial charge < -0.3 is 0 Å². The molecule has 5 heteroatoms. The molecule has 0 spiro atoms. The average Bonchev–Trinajstić information content (AvgIpc) is 2.94. The first-order chi connectivity index (χ1) is 13.5. The van der Waals surface area contributed by atoms with Crippen LogP contribution in [-0.2, 0) is 6.50 Å². The van der Waals surface area contributed by atoms with Crippen molar-refractivity contribution in [1.82, 2.24) is 9.55 Å². The van der Waals surface area contributed by atoms with E-state index < -0.39 is 31.2 Å². The fraction of sp³-hybridized carbons (Fsp3) is 0.111. The number of nitrogens with zero attached hydrogens (tertiary/aromatic N) is 3. The number of imidazole rings is 1. The number of hydrogen-bond acceptors (Lipinski definition) is 2. The van der Waals surface area contributed by atoms with Gasteiger partial charge in [0, 0.05) is 20.3 Å². The third-order valence-corrected chi connectivity index (χ3v) is 3.80. The molecule has 114 valence electrons. The van der Waals surface area contributed by atoms with Crippen LogP contribution in [0.4, 0.5) is 4.39 Å². The van der Waals surface area contributed by atoms with Gasteiger partial charge in [0.2, 0.25) is 0 Å². The van der Waals surface area contributed by atoms with Crippen LogP contribution in [0.25, 0.3) is 5.69 Å². The van der Waals surface area contributed by atoms with E-state index in [1.807, 2.05) is 0 Å². The van der Waals surface area contributed by atoms with E-state index >= 15 is 0 Å². The lowest BCUT2D eigenvalue weighted by atomic mass is 10.00. The second kappa shape index (κ2) is 5.32. The third-order valence-electron chi connectivity index (χ3n) is 3.56. The molecule has 2 aromatic carbocycles. The Morgan fingerprint density at radius 3 is 3.00 bits per heavy atom. The van der Waals surface area contributed by atoms with E-state index in [9.17, 15) is 4.39 Å². The van der Waals surface area contributed by atoms with Gasteiger partial charge in [-0.05, 0) is 37.2 Å². The van der Waals surface area contributed by atoms with Gasteiger partial charge in [-0.1, -0.05) is 23.7 Å². The van der Waals surface area contributed by atoms with Crippen LogP contribution in [0.15, 0.2) is 53.6 Å². The van der Waals surface area contributed by atoms with Gasteiger partial charge in [0.05, 0.1) is 33.9 Å². The molecule has 1 aliphatic rings. The van der Waals surface area contributed by atoms with Gasteiger partial charge >= 0.3 is 0 Å². The molecule has 0 atom stereocenters. The molecule has 2 heterocycles. The number of rotatable bonds is 1. The van der Waals surface area contributed by atoms with E-state index in [1.165, 1.54) is 36.4 Å². The summed E-state index contributed by atoms with van der Waals surface area (Å²) >= 11 is 6.14. The van der Waals surface area contributed by atoms with Gasteiger partial charge in [-0.15, -0.1) is 0 Å². The van der Waals surface area contributed by atoms with Crippen LogP contribution in [0.3, 0.4) is 0 Å². The highest BCUT2D eigenvalue weighted by Gasteiger charge is 2.22. The molecule has 1 aromatic heterocycles. The fourth-order valence-corrected chi connectivity index (χ4v) is 2.71. The molecule has 0 saturated heterocycles. The Morgan fingerprint density at radius 1 is 1.30 bits per heavy atom. The summed E-state index contributed by atoms with van der Waals surface area (Å²) in [4.78, 5) is 7.89. The zero-order chi connectivity index (χ0) is 21.1. The van der Waals surface area contributed by atoms with E-state index in [4.69, 9.17) is 19.8 Å². The van der Waals surface area contributed by atoms with Crippen LogP contribution >= 0.6 is 11.6 Å². The number of fused-ring (bicyclic) bond motifs is 3. The fourth-order valence-electron chi connectivity index (χ4n) is 2.54. The van der Waals surface area contributed by atoms with Crippen molar-refractivity contribution in [3.05, 3.63) is 82.1 Å². The molecule has 23 heavy (non-hydrogen) atoms. The third kappa shape index (κ3) is 2.26. The summed E-state index contributed by atoms with van der Waals surface area (Å²) < 4.78 is 64.0. The highest BCUT2D eigenvalue weighted by Crippen LogP contribution is 2.29. The first-order valence-electron chi connectivity index (χ1n) is 9.76. The Hall–Kier alpha value is -2.46. The molecule has 0 aliphatic carbocycles. The average molecular weight is 332 g/mol. The van der Waals surface area contributed by atoms with Crippen LogP contribution in [-0.4, -0.2) is 15.3 Å². The van der Waals surface area contributed by atoms with E-state index in [0.29, 0.717) is 0 Å². The summed E-state index contributed by atoms with van der Waals surface area (Å²) in [5.74, 6) is -1.10. The van der Waals surface area contributed by atoms with Crippen molar-refractivity contribution in [3.8, 4) is 5.69 Å². The van der Waals surface area contributed by atoms with E-state index in [-0.39, 0.29) is 33.2 Å². The van der Waals surface area contributed by atoms with E-state index in [2.05, 4.69) is 9.98 Å². The number of benzene rings is 2. The van der Waals surface area contributed by atoms with Gasteiger partial charge in [-0.3, -0.25) is 9.56 Å². The van der Waals surface area contributed by atoms with Gasteiger partial charge in [-0.2, -0.15) is 0 Å². The van der Waals surface area contributed by atoms with Crippen molar-refractivity contribution in [1.29, 1.82) is 0 Å². The van der Waals surface area contributed by atoms with Crippen LogP contribution in [0.5, 0.6) is 0 Å². The van der Waals surface area contributed by atoms with Gasteiger partial charge in [0.15, 0.2) is 0 Å². The molecule has 0 radical (unpaired) electrons. The Balaban J connectivity index is 2.16. The lowest BCUT2D eigenvalue weighted by Crippen LogP contribution is -2.09. The van der Waals surface area contributed by atoms with Crippen LogP contribution < -0.4 is 0 Å². The zero-order valence-electron chi connectivity index (χ0n) is 17.6. The summed E-state index contributed by atoms with van der Waals surface area (Å²) in [6, 6.07) is 10.2. The Kier molecular flexibility index (Phi) is 2.08. The largest absolute Gasteiger partial charge is 0.298 e. The lowest BCUT2D eigenvalue weighted by Gasteiger charge is -2.14. The molecule has 1 aliphatic heterocycles. The van der Waals surface area contributed by atoms with Crippen LogP contribution in [0.2, 0.25) is 5.02 Å². The van der Waals surface area contributed by atoms with Crippen molar-refractivity contribution in [2.75, 3.05) is 0 Å². The first-order valence-corrected chi connectivity index (χ1v) is 7.14. The topological polar surface area (TPSA) is 30.2 Å². The Labute approximate surface area is 146 Å². The summed E-state index contributed by atoms with van der Waals surface area (Å²) in [6.07, 6.45) is -0.555. The van der Waals surface area contributed by atoms with Crippen molar-refractivity contribution in [2.24, 2.45) is 4.99 Å². The normalized spacial score (nSPS) is 19.7. The highest BCUT2D eigenvalue weighted by molar-refractivity contribution is 6.31. The molecule has 3 nitrogen and oxygen atoms in total. The molecule has 4 rings (SSSR count). The van der Waals surface area contributed by atoms with Crippen molar-refractivity contribution >= 4 is 17.3 Å². The minimum Gasteiger partial charge on any atom is -0.298 e. The minimum atomic E-state index is -2.72. The Bertz CT molecular complexity index is 1170. The smallest absolute Gasteiger partial charge is 0.132 e. The number of aryl methyl sites for hydroxylation is 1. The predicted molar refractivity (Wildman–Crippen MR) is 89.1 cm³/mol. The monoisotopic (exact) mass is 331 g/mol. The highest BCUT2D eigenvalue weighted by atomic mass is 35.5. The number of aliphatic imine (C=N–C) groups is 1. The summed E-state index contributed by atoms with van der Waals surface area (Å²) in [6.45, 7) is -5.26. The predicted octanol–water partition coefficient (Wildman–Crippen LogP) is 4.32. The molecule has 0 N–H and O–H groups in total. The van der Waals surface area contributed by atoms with Gasteiger partial charge in [0.25, 0.3) is 0 Å². The Morgan fingerprint density at radius 2 is 2.17 bits per heavy atom. The number of aromatic nitrogens is 2. The second-order valence-corrected chi connectivity index (χ2v) is 5.38. The maximum atomic E-state index is 14.6. The minimum absolute atomic E-state index is 0.0283. The molecular weight excluding hydrogens is 313 g/mol. The molecule has 0 bridgehead atoms. The maximum Gasteiger partial charge on any atom is 0.132 e. The zero-order valence-corrected chi connectivity index (χ0v) is 12.4. The number of hydrogen-bond donors (Lipinski definition) is 0. The molecule has 3 aromatic rings. The maximum absolute atomic E-state index is 14.6. The molecule has 0 fully saturated rings. The summed E-state index contributed by atoms with van der Waals surface area (Å²) in [7, 11) is 0. The standard InChI is InChI=1S/C18H13ClFN3/c1-11-21-9-13-10-22-18(14-4-2-3-5-16(14)20)15-8-12(19)6-7-17(15)23(11)13/h2-9H,10H2,1H3/i1D3,9D,10D2. The SMILES string of the molecule is [2H]c1nc(C([2H])([2H])[2H])n2c1C([2H])([2H])N=C(c1ccccc1F)c1cc(Cl)ccc1-2. The van der Waals surface area contributed by atoms with Crippen LogP contribution in [0, 0.1) is 12.7 Å². The molecule has 0 saturated carbocycles. The summed E-state index contributed by atoms with van der Waals surface area (Å²) in [5, 5.41) is 0.276. The lowest BCUT2D eigenvalue weighted by molar-refractivity contribution is 0.625. The molecule has 0 unspecified atom stereocenters.